The molecule has 2 aromatic rings. The van der Waals surface area contributed by atoms with E-state index >= 15 is 0 Å². The van der Waals surface area contributed by atoms with Crippen LogP contribution in [-0.2, 0) is 16.0 Å². The van der Waals surface area contributed by atoms with Crippen molar-refractivity contribution in [1.29, 1.82) is 0 Å². The molecule has 0 unspecified atom stereocenters. The number of ether oxygens (including phenoxy) is 1. The monoisotopic (exact) mass is 453 g/mol. The van der Waals surface area contributed by atoms with Crippen LogP contribution in [-0.4, -0.2) is 18.1 Å². The number of anilines is 1. The van der Waals surface area contributed by atoms with Gasteiger partial charge in [-0.1, -0.05) is 57.4 Å². The van der Waals surface area contributed by atoms with E-state index in [1.165, 1.54) is 18.2 Å². The largest absolute Gasteiger partial charge is 0.497 e. The van der Waals surface area contributed by atoms with Crippen LogP contribution in [0.5, 0.6) is 5.75 Å². The Hall–Kier alpha value is -2.27. The molecule has 0 bridgehead atoms. The highest BCUT2D eigenvalue weighted by Gasteiger charge is 2.39. The first-order chi connectivity index (χ1) is 15.4. The second kappa shape index (κ2) is 11.6. The third-order valence-electron chi connectivity index (χ3n) is 6.36. The van der Waals surface area contributed by atoms with E-state index in [0.717, 1.165) is 60.4 Å². The molecule has 1 N–H and O–H groups in total. The van der Waals surface area contributed by atoms with Crippen LogP contribution in [0.4, 0.5) is 5.69 Å². The molecule has 1 fully saturated rings. The topological polar surface area (TPSA) is 55.4 Å². The van der Waals surface area contributed by atoms with E-state index in [2.05, 4.69) is 19.2 Å². The SMILES string of the molecule is COc1ccc(CC(=O)Sc2ccccc2NC(=O)C2(CCC(C)C)CCCCC2)cc1. The van der Waals surface area contributed by atoms with Crippen LogP contribution < -0.4 is 10.1 Å². The molecule has 32 heavy (non-hydrogen) atoms. The van der Waals surface area contributed by atoms with Gasteiger partial charge in [-0.3, -0.25) is 9.59 Å². The molecule has 172 valence electrons. The van der Waals surface area contributed by atoms with Gasteiger partial charge in [-0.25, -0.2) is 0 Å². The van der Waals surface area contributed by atoms with Crippen molar-refractivity contribution in [2.75, 3.05) is 12.4 Å². The summed E-state index contributed by atoms with van der Waals surface area (Å²) in [7, 11) is 1.63. The van der Waals surface area contributed by atoms with Gasteiger partial charge < -0.3 is 10.1 Å². The zero-order chi connectivity index (χ0) is 23.0. The average molecular weight is 454 g/mol. The van der Waals surface area contributed by atoms with E-state index in [9.17, 15) is 9.59 Å². The van der Waals surface area contributed by atoms with Crippen LogP contribution in [0.15, 0.2) is 53.4 Å². The fourth-order valence-corrected chi connectivity index (χ4v) is 5.23. The van der Waals surface area contributed by atoms with Gasteiger partial charge in [0.05, 0.1) is 12.8 Å². The number of carbonyl (C=O) groups is 2. The van der Waals surface area contributed by atoms with Crippen molar-refractivity contribution in [2.24, 2.45) is 11.3 Å². The minimum Gasteiger partial charge on any atom is -0.497 e. The predicted octanol–water partition coefficient (Wildman–Crippen LogP) is 6.88. The van der Waals surface area contributed by atoms with Crippen molar-refractivity contribution in [1.82, 2.24) is 0 Å². The van der Waals surface area contributed by atoms with Crippen molar-refractivity contribution in [3.05, 3.63) is 54.1 Å². The molecule has 1 saturated carbocycles. The second-order valence-electron chi connectivity index (χ2n) is 9.22. The summed E-state index contributed by atoms with van der Waals surface area (Å²) in [5.74, 6) is 1.48. The van der Waals surface area contributed by atoms with Crippen LogP contribution in [0.2, 0.25) is 0 Å². The molecule has 1 aliphatic rings. The van der Waals surface area contributed by atoms with E-state index in [0.29, 0.717) is 12.3 Å². The summed E-state index contributed by atoms with van der Waals surface area (Å²) < 4.78 is 5.18. The minimum atomic E-state index is -0.284. The van der Waals surface area contributed by atoms with Gasteiger partial charge in [0.1, 0.15) is 5.75 Å². The number of carbonyl (C=O) groups excluding carboxylic acids is 2. The molecule has 2 aromatic carbocycles. The van der Waals surface area contributed by atoms with E-state index in [1.807, 2.05) is 48.5 Å². The number of nitrogens with one attached hydrogen (secondary N) is 1. The van der Waals surface area contributed by atoms with E-state index in [1.54, 1.807) is 7.11 Å². The Morgan fingerprint density at radius 1 is 1.03 bits per heavy atom. The molecule has 0 aromatic heterocycles. The molecule has 1 aliphatic carbocycles. The standard InChI is InChI=1S/C27H35NO3S/c1-20(2)15-18-27(16-7-4-8-17-27)26(30)28-23-9-5-6-10-24(23)32-25(29)19-21-11-13-22(31-3)14-12-21/h5-6,9-14,20H,4,7-8,15-19H2,1-3H3,(H,28,30). The first-order valence-corrected chi connectivity index (χ1v) is 12.5. The molecule has 0 atom stereocenters. The molecule has 0 radical (unpaired) electrons. The number of hydrogen-bond donors (Lipinski definition) is 1. The van der Waals surface area contributed by atoms with E-state index in [-0.39, 0.29) is 16.4 Å². The highest BCUT2D eigenvalue weighted by molar-refractivity contribution is 8.13. The Morgan fingerprint density at radius 2 is 1.72 bits per heavy atom. The molecule has 5 heteroatoms. The third kappa shape index (κ3) is 6.61. The molecule has 0 aliphatic heterocycles. The van der Waals surface area contributed by atoms with Crippen molar-refractivity contribution in [3.63, 3.8) is 0 Å². The molecule has 0 spiro atoms. The Balaban J connectivity index is 1.69. The molecule has 4 nitrogen and oxygen atoms in total. The molecule has 0 heterocycles. The van der Waals surface area contributed by atoms with Crippen molar-refractivity contribution < 1.29 is 14.3 Å². The van der Waals surface area contributed by atoms with Gasteiger partial charge in [-0.05, 0) is 73.2 Å². The Morgan fingerprint density at radius 3 is 2.38 bits per heavy atom. The smallest absolute Gasteiger partial charge is 0.230 e. The lowest BCUT2D eigenvalue weighted by Gasteiger charge is -2.36. The normalized spacial score (nSPS) is 15.4. The highest BCUT2D eigenvalue weighted by Crippen LogP contribution is 2.42. The lowest BCUT2D eigenvalue weighted by molar-refractivity contribution is -0.128. The number of hydrogen-bond acceptors (Lipinski definition) is 4. The van der Waals surface area contributed by atoms with Crippen LogP contribution in [0.1, 0.15) is 64.4 Å². The van der Waals surface area contributed by atoms with Gasteiger partial charge in [-0.2, -0.15) is 0 Å². The summed E-state index contributed by atoms with van der Waals surface area (Å²) in [5, 5.41) is 3.25. The maximum atomic E-state index is 13.5. The Kier molecular flexibility index (Phi) is 8.80. The fraction of sp³-hybridized carbons (Fsp3) is 0.481. The molecule has 1 amide bonds. The van der Waals surface area contributed by atoms with Gasteiger partial charge >= 0.3 is 0 Å². The summed E-state index contributed by atoms with van der Waals surface area (Å²) >= 11 is 1.20. The number of methoxy groups -OCH3 is 1. The minimum absolute atomic E-state index is 0.0454. The van der Waals surface area contributed by atoms with Crippen molar-refractivity contribution >= 4 is 28.5 Å². The van der Waals surface area contributed by atoms with Crippen molar-refractivity contribution in [3.8, 4) is 5.75 Å². The van der Waals surface area contributed by atoms with Gasteiger partial charge in [0.2, 0.25) is 5.91 Å². The van der Waals surface area contributed by atoms with Crippen LogP contribution in [0.25, 0.3) is 0 Å². The van der Waals surface area contributed by atoms with Gasteiger partial charge in [0.25, 0.3) is 0 Å². The summed E-state index contributed by atoms with van der Waals surface area (Å²) in [4.78, 5) is 27.0. The van der Waals surface area contributed by atoms with Crippen molar-refractivity contribution in [2.45, 2.75) is 70.1 Å². The van der Waals surface area contributed by atoms with Crippen LogP contribution >= 0.6 is 11.8 Å². The average Bonchev–Trinajstić information content (AvgIpc) is 2.80. The first kappa shape index (κ1) is 24.4. The quantitative estimate of drug-likeness (QED) is 0.420. The predicted molar refractivity (Wildman–Crippen MR) is 132 cm³/mol. The number of rotatable bonds is 9. The van der Waals surface area contributed by atoms with Crippen LogP contribution in [0.3, 0.4) is 0 Å². The Bertz CT molecular complexity index is 901. The number of benzene rings is 2. The number of amides is 1. The van der Waals surface area contributed by atoms with Gasteiger partial charge in [0.15, 0.2) is 5.12 Å². The molecular weight excluding hydrogens is 418 g/mol. The maximum Gasteiger partial charge on any atom is 0.230 e. The van der Waals surface area contributed by atoms with E-state index < -0.39 is 0 Å². The lowest BCUT2D eigenvalue weighted by atomic mass is 9.69. The Labute approximate surface area is 196 Å². The second-order valence-corrected chi connectivity index (χ2v) is 10.3. The summed E-state index contributed by atoms with van der Waals surface area (Å²) in [6.45, 7) is 4.43. The summed E-state index contributed by atoms with van der Waals surface area (Å²) in [6, 6.07) is 15.2. The molecular formula is C27H35NO3S. The maximum absolute atomic E-state index is 13.5. The fourth-order valence-electron chi connectivity index (χ4n) is 4.37. The van der Waals surface area contributed by atoms with E-state index in [4.69, 9.17) is 4.74 Å². The van der Waals surface area contributed by atoms with Gasteiger partial charge in [-0.15, -0.1) is 0 Å². The zero-order valence-electron chi connectivity index (χ0n) is 19.5. The number of thioether (sulfide) groups is 1. The zero-order valence-corrected chi connectivity index (χ0v) is 20.3. The number of para-hydroxylation sites is 1. The van der Waals surface area contributed by atoms with Crippen LogP contribution in [0, 0.1) is 11.3 Å². The highest BCUT2D eigenvalue weighted by atomic mass is 32.2. The summed E-state index contributed by atoms with van der Waals surface area (Å²) in [5.41, 5.74) is 1.40. The molecule has 0 saturated heterocycles. The lowest BCUT2D eigenvalue weighted by Crippen LogP contribution is -2.38. The first-order valence-electron chi connectivity index (χ1n) is 11.7. The summed E-state index contributed by atoms with van der Waals surface area (Å²) in [6.07, 6.45) is 7.67. The molecule has 3 rings (SSSR count). The van der Waals surface area contributed by atoms with Gasteiger partial charge in [0, 0.05) is 16.7 Å². The third-order valence-corrected chi connectivity index (χ3v) is 7.31.